The maximum Gasteiger partial charge on any atom is 0.490 e. The summed E-state index contributed by atoms with van der Waals surface area (Å²) in [5, 5.41) is 0. The van der Waals surface area contributed by atoms with Gasteiger partial charge in [0, 0.05) is 5.41 Å². The second-order valence-corrected chi connectivity index (χ2v) is 8.77. The fraction of sp³-hybridized carbons (Fsp3) is 0.478. The highest BCUT2D eigenvalue weighted by Crippen LogP contribution is 2.51. The summed E-state index contributed by atoms with van der Waals surface area (Å²) in [5.41, 5.74) is 4.74. The molecule has 0 amide bonds. The molecule has 0 aromatic heterocycles. The van der Waals surface area contributed by atoms with Crippen LogP contribution in [-0.2, 0) is 9.31 Å². The normalized spacial score (nSPS) is 28.2. The molecule has 3 heteroatoms. The zero-order valence-corrected chi connectivity index (χ0v) is 17.7. The van der Waals surface area contributed by atoms with E-state index in [0.717, 1.165) is 27.8 Å². The highest BCUT2D eigenvalue weighted by Gasteiger charge is 2.51. The Morgan fingerprint density at radius 3 is 1.81 bits per heavy atom. The van der Waals surface area contributed by atoms with Crippen molar-refractivity contribution in [3.8, 4) is 0 Å². The Bertz CT molecular complexity index is 726. The van der Waals surface area contributed by atoms with Crippen LogP contribution in [0.25, 0.3) is 0 Å². The predicted octanol–water partition coefficient (Wildman–Crippen LogP) is 6.15. The van der Waals surface area contributed by atoms with Crippen molar-refractivity contribution in [3.05, 3.63) is 71.3 Å². The van der Waals surface area contributed by atoms with Gasteiger partial charge in [0.1, 0.15) is 0 Å². The minimum absolute atomic E-state index is 0.134. The molecule has 140 valence electrons. The minimum atomic E-state index is -0.329. The molecule has 26 heavy (non-hydrogen) atoms. The maximum atomic E-state index is 6.14. The van der Waals surface area contributed by atoms with E-state index in [4.69, 9.17) is 9.31 Å². The first kappa shape index (κ1) is 20.7. The average Bonchev–Trinajstić information content (AvgIpc) is 2.85. The summed E-state index contributed by atoms with van der Waals surface area (Å²) in [6.45, 7) is 25.3. The van der Waals surface area contributed by atoms with E-state index in [2.05, 4.69) is 72.9 Å². The van der Waals surface area contributed by atoms with Gasteiger partial charge in [0.25, 0.3) is 0 Å². The number of hydrogen-bond acceptors (Lipinski definition) is 2. The van der Waals surface area contributed by atoms with Crippen molar-refractivity contribution < 1.29 is 9.31 Å². The zero-order chi connectivity index (χ0) is 19.9. The molecule has 1 aliphatic heterocycles. The molecule has 2 aliphatic rings. The van der Waals surface area contributed by atoms with Crippen LogP contribution in [0.1, 0.15) is 55.4 Å². The summed E-state index contributed by atoms with van der Waals surface area (Å²) in [6.07, 6.45) is 10.4. The third-order valence-corrected chi connectivity index (χ3v) is 6.04. The number of allylic oxidation sites excluding steroid dienone is 10. The molecule has 1 aliphatic carbocycles. The molecule has 1 saturated heterocycles. The van der Waals surface area contributed by atoms with E-state index < -0.39 is 0 Å². The van der Waals surface area contributed by atoms with E-state index in [1.165, 1.54) is 0 Å². The second kappa shape index (κ2) is 6.86. The van der Waals surface area contributed by atoms with Crippen molar-refractivity contribution in [3.63, 3.8) is 0 Å². The van der Waals surface area contributed by atoms with Crippen LogP contribution in [0.5, 0.6) is 0 Å². The summed E-state index contributed by atoms with van der Waals surface area (Å²) in [6, 6.07) is 0. The second-order valence-electron chi connectivity index (χ2n) is 8.77. The van der Waals surface area contributed by atoms with E-state index in [9.17, 15) is 0 Å². The largest absolute Gasteiger partial charge is 0.490 e. The third-order valence-electron chi connectivity index (χ3n) is 6.04. The van der Waals surface area contributed by atoms with Crippen LogP contribution in [0, 0.1) is 5.41 Å². The predicted molar refractivity (Wildman–Crippen MR) is 113 cm³/mol. The first-order valence-electron chi connectivity index (χ1n) is 9.32. The van der Waals surface area contributed by atoms with E-state index in [-0.39, 0.29) is 23.7 Å². The summed E-state index contributed by atoms with van der Waals surface area (Å²) >= 11 is 0. The van der Waals surface area contributed by atoms with Gasteiger partial charge in [-0.2, -0.15) is 0 Å². The molecule has 0 aromatic rings. The Morgan fingerprint density at radius 2 is 1.35 bits per heavy atom. The fourth-order valence-electron chi connectivity index (χ4n) is 3.08. The SMILES string of the molecule is C=C1C(=C\C=C/C)/C(=C/C=C(\C)B2OC(C)(C)C(C)(C)O2)C(=C)C1(C)C. The standard InChI is InChI=1S/C23H33BO2/c1-11-12-13-19-17(3)21(5,6)18(4)20(19)15-14-16(2)24-25-22(7,8)23(9,10)26-24/h11-15H,3-4H2,1-2,5-10H3/b12-11-,16-14+,19-13+,20-15+. The lowest BCUT2D eigenvalue weighted by Gasteiger charge is -2.32. The van der Waals surface area contributed by atoms with Gasteiger partial charge in [-0.05, 0) is 69.3 Å². The van der Waals surface area contributed by atoms with Crippen molar-refractivity contribution in [1.82, 2.24) is 0 Å². The van der Waals surface area contributed by atoms with E-state index in [1.54, 1.807) is 0 Å². The van der Waals surface area contributed by atoms with Gasteiger partial charge in [0.15, 0.2) is 0 Å². The van der Waals surface area contributed by atoms with Gasteiger partial charge in [-0.1, -0.05) is 57.4 Å². The first-order chi connectivity index (χ1) is 11.8. The van der Waals surface area contributed by atoms with Gasteiger partial charge in [-0.25, -0.2) is 0 Å². The summed E-state index contributed by atoms with van der Waals surface area (Å²) in [7, 11) is -0.328. The van der Waals surface area contributed by atoms with Gasteiger partial charge in [-0.3, -0.25) is 0 Å². The Kier molecular flexibility index (Phi) is 5.47. The quantitative estimate of drug-likeness (QED) is 0.568. The zero-order valence-electron chi connectivity index (χ0n) is 17.7. The lowest BCUT2D eigenvalue weighted by atomic mass is 9.79. The Morgan fingerprint density at radius 1 is 0.885 bits per heavy atom. The Labute approximate surface area is 160 Å². The molecule has 0 radical (unpaired) electrons. The molecule has 0 aromatic carbocycles. The Hall–Kier alpha value is -1.58. The third kappa shape index (κ3) is 3.48. The van der Waals surface area contributed by atoms with Crippen molar-refractivity contribution in [2.75, 3.05) is 0 Å². The van der Waals surface area contributed by atoms with Gasteiger partial charge < -0.3 is 9.31 Å². The monoisotopic (exact) mass is 352 g/mol. The van der Waals surface area contributed by atoms with Crippen LogP contribution >= 0.6 is 0 Å². The van der Waals surface area contributed by atoms with Crippen molar-refractivity contribution >= 4 is 7.12 Å². The molecule has 2 fully saturated rings. The topological polar surface area (TPSA) is 18.5 Å². The molecule has 2 rings (SSSR count). The molecule has 1 heterocycles. The maximum absolute atomic E-state index is 6.14. The molecule has 0 bridgehead atoms. The summed E-state index contributed by atoms with van der Waals surface area (Å²) < 4.78 is 12.3. The summed E-state index contributed by atoms with van der Waals surface area (Å²) in [5.74, 6) is 0. The van der Waals surface area contributed by atoms with Crippen molar-refractivity contribution in [2.24, 2.45) is 5.41 Å². The molecular weight excluding hydrogens is 319 g/mol. The smallest absolute Gasteiger partial charge is 0.400 e. The average molecular weight is 352 g/mol. The molecule has 0 atom stereocenters. The van der Waals surface area contributed by atoms with Crippen LogP contribution in [0.2, 0.25) is 0 Å². The minimum Gasteiger partial charge on any atom is -0.400 e. The lowest BCUT2D eigenvalue weighted by molar-refractivity contribution is 0.00578. The lowest BCUT2D eigenvalue weighted by Crippen LogP contribution is -2.41. The van der Waals surface area contributed by atoms with E-state index in [1.807, 2.05) is 26.0 Å². The fourth-order valence-corrected chi connectivity index (χ4v) is 3.08. The molecule has 2 nitrogen and oxygen atoms in total. The molecule has 0 spiro atoms. The van der Waals surface area contributed by atoms with E-state index in [0.29, 0.717) is 0 Å². The van der Waals surface area contributed by atoms with Gasteiger partial charge in [0.05, 0.1) is 11.2 Å². The Balaban J connectivity index is 2.37. The van der Waals surface area contributed by atoms with Crippen molar-refractivity contribution in [1.29, 1.82) is 0 Å². The molecule has 1 saturated carbocycles. The van der Waals surface area contributed by atoms with Crippen molar-refractivity contribution in [2.45, 2.75) is 66.6 Å². The molecule has 0 unspecified atom stereocenters. The number of hydrogen-bond donors (Lipinski definition) is 0. The highest BCUT2D eigenvalue weighted by atomic mass is 16.7. The van der Waals surface area contributed by atoms with Crippen LogP contribution in [-0.4, -0.2) is 18.3 Å². The van der Waals surface area contributed by atoms with Gasteiger partial charge >= 0.3 is 7.12 Å². The molecular formula is C23H33BO2. The van der Waals surface area contributed by atoms with Crippen LogP contribution in [0.3, 0.4) is 0 Å². The number of rotatable bonds is 3. The first-order valence-corrected chi connectivity index (χ1v) is 9.32. The highest BCUT2D eigenvalue weighted by molar-refractivity contribution is 6.54. The van der Waals surface area contributed by atoms with Gasteiger partial charge in [-0.15, -0.1) is 0 Å². The van der Waals surface area contributed by atoms with Crippen LogP contribution in [0.4, 0.5) is 0 Å². The van der Waals surface area contributed by atoms with E-state index >= 15 is 0 Å². The molecule has 0 N–H and O–H groups in total. The van der Waals surface area contributed by atoms with Gasteiger partial charge in [0.2, 0.25) is 0 Å². The summed E-state index contributed by atoms with van der Waals surface area (Å²) in [4.78, 5) is 0. The van der Waals surface area contributed by atoms with Crippen LogP contribution in [0.15, 0.2) is 71.3 Å². The van der Waals surface area contributed by atoms with Crippen LogP contribution < -0.4 is 0 Å².